The Kier molecular flexibility index (Phi) is 12.6. The maximum absolute atomic E-state index is 12.1. The SMILES string of the molecule is CCCOC(=O)c1ccc(C(=O)OCCC/C(C)=C\C=C(\C)CCCOC(C)=O)cc1. The van der Waals surface area contributed by atoms with Crippen LogP contribution in [0.1, 0.15) is 80.5 Å². The molecule has 170 valence electrons. The predicted octanol–water partition coefficient (Wildman–Crippen LogP) is 5.43. The highest BCUT2D eigenvalue weighted by Gasteiger charge is 2.10. The van der Waals surface area contributed by atoms with Crippen LogP contribution in [0.15, 0.2) is 47.6 Å². The Labute approximate surface area is 185 Å². The van der Waals surface area contributed by atoms with Crippen molar-refractivity contribution in [3.8, 4) is 0 Å². The van der Waals surface area contributed by atoms with Crippen LogP contribution in [-0.2, 0) is 19.0 Å². The van der Waals surface area contributed by atoms with Gasteiger partial charge in [-0.05, 0) is 70.2 Å². The van der Waals surface area contributed by atoms with Gasteiger partial charge in [-0.1, -0.05) is 30.2 Å². The Morgan fingerprint density at radius 3 is 1.55 bits per heavy atom. The van der Waals surface area contributed by atoms with Crippen LogP contribution in [0.25, 0.3) is 0 Å². The predicted molar refractivity (Wildman–Crippen MR) is 120 cm³/mol. The Morgan fingerprint density at radius 2 is 1.13 bits per heavy atom. The molecular formula is C25H34O6. The van der Waals surface area contributed by atoms with Gasteiger partial charge in [-0.2, -0.15) is 0 Å². The fraction of sp³-hybridized carbons (Fsp3) is 0.480. The molecule has 0 atom stereocenters. The van der Waals surface area contributed by atoms with Crippen LogP contribution in [0.5, 0.6) is 0 Å². The average molecular weight is 431 g/mol. The summed E-state index contributed by atoms with van der Waals surface area (Å²) in [6.07, 6.45) is 8.15. The molecule has 0 saturated heterocycles. The van der Waals surface area contributed by atoms with Crippen molar-refractivity contribution in [1.82, 2.24) is 0 Å². The van der Waals surface area contributed by atoms with Crippen molar-refractivity contribution in [3.05, 3.63) is 58.7 Å². The lowest BCUT2D eigenvalue weighted by atomic mass is 10.1. The second-order valence-electron chi connectivity index (χ2n) is 7.42. The molecule has 6 heteroatoms. The van der Waals surface area contributed by atoms with Crippen molar-refractivity contribution in [2.45, 2.75) is 59.8 Å². The van der Waals surface area contributed by atoms with E-state index in [9.17, 15) is 14.4 Å². The molecule has 0 spiro atoms. The van der Waals surface area contributed by atoms with Crippen molar-refractivity contribution in [1.29, 1.82) is 0 Å². The number of carbonyl (C=O) groups excluding carboxylic acids is 3. The second kappa shape index (κ2) is 15.0. The van der Waals surface area contributed by atoms with E-state index < -0.39 is 11.9 Å². The topological polar surface area (TPSA) is 78.9 Å². The average Bonchev–Trinajstić information content (AvgIpc) is 2.76. The summed E-state index contributed by atoms with van der Waals surface area (Å²) in [5, 5.41) is 0. The number of hydrogen-bond acceptors (Lipinski definition) is 6. The first-order valence-corrected chi connectivity index (χ1v) is 10.7. The maximum Gasteiger partial charge on any atom is 0.338 e. The quantitative estimate of drug-likeness (QED) is 0.180. The van der Waals surface area contributed by atoms with E-state index in [-0.39, 0.29) is 5.97 Å². The first-order chi connectivity index (χ1) is 14.8. The highest BCUT2D eigenvalue weighted by atomic mass is 16.5. The van der Waals surface area contributed by atoms with Gasteiger partial charge in [0.25, 0.3) is 0 Å². The van der Waals surface area contributed by atoms with Crippen molar-refractivity contribution in [3.63, 3.8) is 0 Å². The molecule has 1 aromatic carbocycles. The highest BCUT2D eigenvalue weighted by Crippen LogP contribution is 2.11. The van der Waals surface area contributed by atoms with Gasteiger partial charge in [0, 0.05) is 6.92 Å². The molecule has 6 nitrogen and oxygen atoms in total. The van der Waals surface area contributed by atoms with Gasteiger partial charge in [0.05, 0.1) is 30.9 Å². The number of allylic oxidation sites excluding steroid dienone is 4. The summed E-state index contributed by atoms with van der Waals surface area (Å²) in [5.74, 6) is -1.04. The van der Waals surface area contributed by atoms with Gasteiger partial charge < -0.3 is 14.2 Å². The molecule has 0 unspecified atom stereocenters. The third-order valence-corrected chi connectivity index (χ3v) is 4.42. The molecule has 0 aliphatic carbocycles. The van der Waals surface area contributed by atoms with Gasteiger partial charge in [-0.3, -0.25) is 4.79 Å². The first-order valence-electron chi connectivity index (χ1n) is 10.7. The number of ether oxygens (including phenoxy) is 3. The standard InChI is InChI=1S/C25H34O6/c1-5-16-30-24(27)22-12-14-23(15-13-22)25(28)31-18-7-9-20(3)11-10-19(2)8-6-17-29-21(4)26/h10-15H,5-9,16-18H2,1-4H3/b19-10-,20-11-. The first kappa shape index (κ1) is 26.1. The molecule has 31 heavy (non-hydrogen) atoms. The Balaban J connectivity index is 2.32. The van der Waals surface area contributed by atoms with Crippen LogP contribution < -0.4 is 0 Å². The van der Waals surface area contributed by atoms with E-state index in [2.05, 4.69) is 12.2 Å². The number of benzene rings is 1. The third kappa shape index (κ3) is 11.8. The van der Waals surface area contributed by atoms with Crippen LogP contribution >= 0.6 is 0 Å². The monoisotopic (exact) mass is 430 g/mol. The molecule has 0 fully saturated rings. The summed E-state index contributed by atoms with van der Waals surface area (Å²) < 4.78 is 15.3. The Bertz CT molecular complexity index is 774. The van der Waals surface area contributed by atoms with Crippen molar-refractivity contribution < 1.29 is 28.6 Å². The molecule has 0 bridgehead atoms. The molecule has 0 amide bonds. The molecule has 0 aromatic heterocycles. The van der Waals surface area contributed by atoms with Crippen LogP contribution in [0.3, 0.4) is 0 Å². The normalized spacial score (nSPS) is 11.7. The maximum atomic E-state index is 12.1. The van der Waals surface area contributed by atoms with Gasteiger partial charge in [-0.25, -0.2) is 9.59 Å². The number of hydrogen-bond donors (Lipinski definition) is 0. The van der Waals surface area contributed by atoms with E-state index in [1.165, 1.54) is 18.1 Å². The fourth-order valence-corrected chi connectivity index (χ4v) is 2.64. The van der Waals surface area contributed by atoms with Gasteiger partial charge in [-0.15, -0.1) is 0 Å². The number of carbonyl (C=O) groups is 3. The van der Waals surface area contributed by atoms with E-state index in [0.29, 0.717) is 30.9 Å². The van der Waals surface area contributed by atoms with E-state index in [0.717, 1.165) is 32.1 Å². The molecule has 0 aliphatic heterocycles. The Morgan fingerprint density at radius 1 is 0.710 bits per heavy atom. The van der Waals surface area contributed by atoms with E-state index in [1.54, 1.807) is 24.3 Å². The fourth-order valence-electron chi connectivity index (χ4n) is 2.64. The van der Waals surface area contributed by atoms with Crippen molar-refractivity contribution in [2.24, 2.45) is 0 Å². The minimum Gasteiger partial charge on any atom is -0.466 e. The Hall–Kier alpha value is -2.89. The van der Waals surface area contributed by atoms with E-state index in [4.69, 9.17) is 14.2 Å². The lowest BCUT2D eigenvalue weighted by Crippen LogP contribution is -2.09. The lowest BCUT2D eigenvalue weighted by Gasteiger charge is -2.07. The highest BCUT2D eigenvalue weighted by molar-refractivity contribution is 5.93. The summed E-state index contributed by atoms with van der Waals surface area (Å²) >= 11 is 0. The van der Waals surface area contributed by atoms with Crippen molar-refractivity contribution in [2.75, 3.05) is 19.8 Å². The third-order valence-electron chi connectivity index (χ3n) is 4.42. The summed E-state index contributed by atoms with van der Waals surface area (Å²) in [7, 11) is 0. The summed E-state index contributed by atoms with van der Waals surface area (Å²) in [4.78, 5) is 34.6. The zero-order valence-electron chi connectivity index (χ0n) is 19.1. The van der Waals surface area contributed by atoms with E-state index >= 15 is 0 Å². The zero-order valence-corrected chi connectivity index (χ0v) is 19.1. The molecule has 0 saturated carbocycles. The van der Waals surface area contributed by atoms with Crippen LogP contribution in [0.4, 0.5) is 0 Å². The molecule has 0 heterocycles. The second-order valence-corrected chi connectivity index (χ2v) is 7.42. The summed E-state index contributed by atoms with van der Waals surface area (Å²) in [5.41, 5.74) is 3.25. The van der Waals surface area contributed by atoms with Crippen LogP contribution in [0, 0.1) is 0 Å². The number of esters is 3. The van der Waals surface area contributed by atoms with E-state index in [1.807, 2.05) is 20.8 Å². The zero-order chi connectivity index (χ0) is 23.1. The molecule has 1 rings (SSSR count). The smallest absolute Gasteiger partial charge is 0.338 e. The van der Waals surface area contributed by atoms with Gasteiger partial charge in [0.1, 0.15) is 0 Å². The molecule has 0 radical (unpaired) electrons. The lowest BCUT2D eigenvalue weighted by molar-refractivity contribution is -0.141. The van der Waals surface area contributed by atoms with Gasteiger partial charge >= 0.3 is 17.9 Å². The minimum absolute atomic E-state index is 0.248. The number of rotatable bonds is 13. The molecule has 0 N–H and O–H groups in total. The molecule has 1 aromatic rings. The van der Waals surface area contributed by atoms with Gasteiger partial charge in [0.2, 0.25) is 0 Å². The summed E-state index contributed by atoms with van der Waals surface area (Å²) in [6, 6.07) is 6.29. The largest absolute Gasteiger partial charge is 0.466 e. The van der Waals surface area contributed by atoms with Crippen LogP contribution in [-0.4, -0.2) is 37.7 Å². The van der Waals surface area contributed by atoms with Crippen molar-refractivity contribution >= 4 is 17.9 Å². The summed E-state index contributed by atoms with van der Waals surface area (Å²) in [6.45, 7) is 8.58. The molecular weight excluding hydrogens is 396 g/mol. The molecule has 0 aliphatic rings. The van der Waals surface area contributed by atoms with Gasteiger partial charge in [0.15, 0.2) is 0 Å². The van der Waals surface area contributed by atoms with Crippen LogP contribution in [0.2, 0.25) is 0 Å². The minimum atomic E-state index is -0.404.